The summed E-state index contributed by atoms with van der Waals surface area (Å²) in [7, 11) is 0. The molecule has 1 N–H and O–H groups in total. The highest BCUT2D eigenvalue weighted by Crippen LogP contribution is 2.20. The van der Waals surface area contributed by atoms with E-state index in [0.717, 1.165) is 37.0 Å². The van der Waals surface area contributed by atoms with Crippen molar-refractivity contribution in [3.63, 3.8) is 0 Å². The van der Waals surface area contributed by atoms with E-state index in [0.29, 0.717) is 9.79 Å². The molecule has 1 aromatic carbocycles. The highest BCUT2D eigenvalue weighted by atomic mass is 35.5. The van der Waals surface area contributed by atoms with Gasteiger partial charge in [-0.25, -0.2) is 0 Å². The van der Waals surface area contributed by atoms with E-state index in [-0.39, 0.29) is 12.5 Å². The summed E-state index contributed by atoms with van der Waals surface area (Å²) in [6, 6.07) is 5.52. The Balaban J connectivity index is 1.95. The van der Waals surface area contributed by atoms with Crippen LogP contribution in [0.1, 0.15) is 12.8 Å². The van der Waals surface area contributed by atoms with Crippen molar-refractivity contribution in [2.24, 2.45) is 0 Å². The summed E-state index contributed by atoms with van der Waals surface area (Å²) in [5.74, 6) is 0.120. The summed E-state index contributed by atoms with van der Waals surface area (Å²) < 4.78 is 2.38. The lowest BCUT2D eigenvalue weighted by Gasteiger charge is -2.15. The molecule has 100 valence electrons. The number of hydrogen-bond acceptors (Lipinski definition) is 2. The van der Waals surface area contributed by atoms with Crippen LogP contribution in [0, 0.1) is 4.77 Å². The number of hydrogen-bond donors (Lipinski definition) is 1. The molecule has 1 saturated heterocycles. The number of benzene rings is 1. The number of carbonyl (C=O) groups excluding carboxylic acids is 1. The van der Waals surface area contributed by atoms with Crippen molar-refractivity contribution in [3.8, 4) is 0 Å². The van der Waals surface area contributed by atoms with E-state index >= 15 is 0 Å². The lowest BCUT2D eigenvalue weighted by Crippen LogP contribution is -2.31. The Kier molecular flexibility index (Phi) is 3.33. The monoisotopic (exact) mass is 295 g/mol. The zero-order valence-corrected chi connectivity index (χ0v) is 11.9. The number of aromatic amines is 1. The molecule has 4 nitrogen and oxygen atoms in total. The third-order valence-electron chi connectivity index (χ3n) is 3.49. The van der Waals surface area contributed by atoms with Gasteiger partial charge in [-0.2, -0.15) is 0 Å². The third-order valence-corrected chi connectivity index (χ3v) is 4.05. The Morgan fingerprint density at radius 1 is 1.37 bits per heavy atom. The Morgan fingerprint density at radius 3 is 2.84 bits per heavy atom. The Hall–Kier alpha value is -1.33. The first-order chi connectivity index (χ1) is 9.15. The summed E-state index contributed by atoms with van der Waals surface area (Å²) in [4.78, 5) is 17.2. The SMILES string of the molecule is O=C(Cn1c(=S)[nH]c2ccc(Cl)cc21)N1CCCC1. The van der Waals surface area contributed by atoms with Crippen LogP contribution in [0.4, 0.5) is 0 Å². The van der Waals surface area contributed by atoms with E-state index in [1.54, 1.807) is 0 Å². The smallest absolute Gasteiger partial charge is 0.242 e. The molecule has 19 heavy (non-hydrogen) atoms. The summed E-state index contributed by atoms with van der Waals surface area (Å²) in [5, 5.41) is 0.642. The molecule has 1 aliphatic heterocycles. The molecular weight excluding hydrogens is 282 g/mol. The van der Waals surface area contributed by atoms with E-state index in [1.807, 2.05) is 27.7 Å². The van der Waals surface area contributed by atoms with Gasteiger partial charge in [0, 0.05) is 18.1 Å². The van der Waals surface area contributed by atoms with Crippen LogP contribution in [-0.2, 0) is 11.3 Å². The van der Waals surface area contributed by atoms with Crippen molar-refractivity contribution < 1.29 is 4.79 Å². The van der Waals surface area contributed by atoms with E-state index in [9.17, 15) is 4.79 Å². The van der Waals surface area contributed by atoms with Crippen molar-refractivity contribution in [3.05, 3.63) is 28.0 Å². The first kappa shape index (κ1) is 12.7. The maximum atomic E-state index is 12.2. The molecular formula is C13H14ClN3OS. The van der Waals surface area contributed by atoms with Crippen molar-refractivity contribution >= 4 is 40.8 Å². The quantitative estimate of drug-likeness (QED) is 0.866. The van der Waals surface area contributed by atoms with Gasteiger partial charge in [0.05, 0.1) is 11.0 Å². The standard InChI is InChI=1S/C13H14ClN3OS/c14-9-3-4-10-11(7-9)17(13(19)15-10)8-12(18)16-5-1-2-6-16/h3-4,7H,1-2,5-6,8H2,(H,15,19). The number of nitrogens with one attached hydrogen (secondary N) is 1. The molecule has 1 amide bonds. The first-order valence-corrected chi connectivity index (χ1v) is 7.09. The van der Waals surface area contributed by atoms with Gasteiger partial charge in [0.25, 0.3) is 0 Å². The molecule has 1 aromatic heterocycles. The molecule has 0 unspecified atom stereocenters. The van der Waals surface area contributed by atoms with Gasteiger partial charge < -0.3 is 14.5 Å². The van der Waals surface area contributed by atoms with Gasteiger partial charge in [-0.3, -0.25) is 4.79 Å². The van der Waals surface area contributed by atoms with Gasteiger partial charge in [0.15, 0.2) is 4.77 Å². The first-order valence-electron chi connectivity index (χ1n) is 6.31. The van der Waals surface area contributed by atoms with Crippen LogP contribution in [0.2, 0.25) is 5.02 Å². The van der Waals surface area contributed by atoms with Crippen LogP contribution in [-0.4, -0.2) is 33.4 Å². The normalized spacial score (nSPS) is 15.3. The number of likely N-dealkylation sites (tertiary alicyclic amines) is 1. The van der Waals surface area contributed by atoms with Gasteiger partial charge in [0.1, 0.15) is 6.54 Å². The fourth-order valence-electron chi connectivity index (χ4n) is 2.48. The lowest BCUT2D eigenvalue weighted by molar-refractivity contribution is -0.130. The van der Waals surface area contributed by atoms with Crippen molar-refractivity contribution in [1.29, 1.82) is 0 Å². The number of nitrogens with zero attached hydrogens (tertiary/aromatic N) is 2. The summed E-state index contributed by atoms with van der Waals surface area (Å²) in [6.45, 7) is 1.99. The van der Waals surface area contributed by atoms with E-state index in [1.165, 1.54) is 0 Å². The predicted octanol–water partition coefficient (Wildman–Crippen LogP) is 2.97. The minimum atomic E-state index is 0.120. The van der Waals surface area contributed by atoms with Crippen LogP contribution < -0.4 is 0 Å². The minimum Gasteiger partial charge on any atom is -0.341 e. The van der Waals surface area contributed by atoms with E-state index < -0.39 is 0 Å². The number of aromatic nitrogens is 2. The van der Waals surface area contributed by atoms with Gasteiger partial charge in [-0.15, -0.1) is 0 Å². The molecule has 0 saturated carbocycles. The molecule has 6 heteroatoms. The Morgan fingerprint density at radius 2 is 2.11 bits per heavy atom. The lowest BCUT2D eigenvalue weighted by atomic mass is 10.3. The fourth-order valence-corrected chi connectivity index (χ4v) is 2.92. The van der Waals surface area contributed by atoms with Crippen molar-refractivity contribution in [2.75, 3.05) is 13.1 Å². The molecule has 1 aliphatic rings. The van der Waals surface area contributed by atoms with Crippen LogP contribution in [0.5, 0.6) is 0 Å². The molecule has 2 aromatic rings. The van der Waals surface area contributed by atoms with Gasteiger partial charge in [-0.05, 0) is 43.3 Å². The summed E-state index contributed by atoms with van der Waals surface area (Å²) in [5.41, 5.74) is 1.79. The molecule has 2 heterocycles. The second kappa shape index (κ2) is 4.98. The van der Waals surface area contributed by atoms with Crippen LogP contribution in [0.25, 0.3) is 11.0 Å². The zero-order valence-electron chi connectivity index (χ0n) is 10.4. The average Bonchev–Trinajstić information content (AvgIpc) is 2.99. The van der Waals surface area contributed by atoms with Crippen molar-refractivity contribution in [1.82, 2.24) is 14.5 Å². The number of amides is 1. The average molecular weight is 296 g/mol. The van der Waals surface area contributed by atoms with Crippen LogP contribution in [0.3, 0.4) is 0 Å². The van der Waals surface area contributed by atoms with Gasteiger partial charge in [-0.1, -0.05) is 11.6 Å². The molecule has 0 radical (unpaired) electrons. The van der Waals surface area contributed by atoms with Gasteiger partial charge in [0.2, 0.25) is 5.91 Å². The third kappa shape index (κ3) is 2.40. The summed E-state index contributed by atoms with van der Waals surface area (Å²) >= 11 is 11.3. The van der Waals surface area contributed by atoms with E-state index in [2.05, 4.69) is 4.98 Å². The number of halogens is 1. The predicted molar refractivity (Wildman–Crippen MR) is 77.9 cm³/mol. The van der Waals surface area contributed by atoms with Crippen LogP contribution >= 0.6 is 23.8 Å². The molecule has 0 bridgehead atoms. The molecule has 0 atom stereocenters. The highest BCUT2D eigenvalue weighted by molar-refractivity contribution is 7.71. The van der Waals surface area contributed by atoms with Crippen LogP contribution in [0.15, 0.2) is 18.2 Å². The fraction of sp³-hybridized carbons (Fsp3) is 0.385. The Labute approximate surface area is 121 Å². The minimum absolute atomic E-state index is 0.120. The second-order valence-corrected chi connectivity index (χ2v) is 5.59. The molecule has 0 aliphatic carbocycles. The maximum Gasteiger partial charge on any atom is 0.242 e. The topological polar surface area (TPSA) is 41.0 Å². The molecule has 1 fully saturated rings. The van der Waals surface area contributed by atoms with E-state index in [4.69, 9.17) is 23.8 Å². The zero-order chi connectivity index (χ0) is 13.4. The second-order valence-electron chi connectivity index (χ2n) is 4.77. The number of fused-ring (bicyclic) bond motifs is 1. The summed E-state index contributed by atoms with van der Waals surface area (Å²) in [6.07, 6.45) is 2.19. The van der Waals surface area contributed by atoms with Crippen molar-refractivity contribution in [2.45, 2.75) is 19.4 Å². The molecule has 0 spiro atoms. The maximum absolute atomic E-state index is 12.2. The highest BCUT2D eigenvalue weighted by Gasteiger charge is 2.19. The number of H-pyrrole nitrogens is 1. The molecule has 3 rings (SSSR count). The number of carbonyl (C=O) groups is 1. The number of imidazole rings is 1. The Bertz CT molecular complexity index is 685. The number of rotatable bonds is 2. The largest absolute Gasteiger partial charge is 0.341 e. The van der Waals surface area contributed by atoms with Gasteiger partial charge >= 0.3 is 0 Å².